The fraction of sp³-hybridized carbons (Fsp3) is 0.615. The molecule has 0 aliphatic carbocycles. The topological polar surface area (TPSA) is 40.2 Å². The lowest BCUT2D eigenvalue weighted by Gasteiger charge is -2.32. The number of nitrogens with one attached hydrogen (secondary N) is 2. The Labute approximate surface area is 124 Å². The Bertz CT molecular complexity index is 439. The maximum atomic E-state index is 6.20. The summed E-state index contributed by atoms with van der Waals surface area (Å²) in [4.78, 5) is 6.87. The van der Waals surface area contributed by atoms with Gasteiger partial charge in [-0.25, -0.2) is 4.98 Å². The maximum Gasteiger partial charge on any atom is 0.147 e. The Hall–Kier alpha value is -0.710. The van der Waals surface area contributed by atoms with Crippen LogP contribution in [0.2, 0.25) is 10.0 Å². The molecule has 1 fully saturated rings. The van der Waals surface area contributed by atoms with Gasteiger partial charge in [-0.3, -0.25) is 0 Å². The molecule has 1 aliphatic heterocycles. The Balaban J connectivity index is 2.10. The summed E-state index contributed by atoms with van der Waals surface area (Å²) in [7, 11) is 1.80. The Morgan fingerprint density at radius 2 is 2.11 bits per heavy atom. The van der Waals surface area contributed by atoms with Crippen molar-refractivity contribution in [2.45, 2.75) is 25.8 Å². The molecule has 2 N–H and O–H groups in total. The van der Waals surface area contributed by atoms with Gasteiger partial charge in [0.1, 0.15) is 11.6 Å². The number of likely N-dealkylation sites (N-methyl/N-ethyl adjacent to an activating group) is 1. The summed E-state index contributed by atoms with van der Waals surface area (Å²) in [5.74, 6) is 1.36. The van der Waals surface area contributed by atoms with Gasteiger partial charge >= 0.3 is 0 Å². The van der Waals surface area contributed by atoms with Crippen LogP contribution >= 0.6 is 23.2 Å². The highest BCUT2D eigenvalue weighted by Crippen LogP contribution is 2.30. The Morgan fingerprint density at radius 1 is 1.37 bits per heavy atom. The summed E-state index contributed by atoms with van der Waals surface area (Å²) in [6, 6.07) is 2.12. The maximum absolute atomic E-state index is 6.20. The van der Waals surface area contributed by atoms with Crippen molar-refractivity contribution in [1.29, 1.82) is 0 Å². The number of nitrogens with zero attached hydrogens (tertiary/aromatic N) is 2. The van der Waals surface area contributed by atoms with Crippen LogP contribution in [0.1, 0.15) is 19.8 Å². The zero-order chi connectivity index (χ0) is 13.8. The average Bonchev–Trinajstić information content (AvgIpc) is 2.42. The number of pyridine rings is 1. The highest BCUT2D eigenvalue weighted by atomic mass is 35.5. The third kappa shape index (κ3) is 3.65. The largest absolute Gasteiger partial charge is 0.372 e. The molecule has 1 aromatic heterocycles. The zero-order valence-electron chi connectivity index (χ0n) is 11.3. The smallest absolute Gasteiger partial charge is 0.147 e. The lowest BCUT2D eigenvalue weighted by atomic mass is 10.1. The molecule has 4 nitrogen and oxygen atoms in total. The molecule has 1 unspecified atom stereocenters. The van der Waals surface area contributed by atoms with E-state index in [0.29, 0.717) is 27.7 Å². The Morgan fingerprint density at radius 3 is 2.79 bits per heavy atom. The number of halogens is 2. The van der Waals surface area contributed by atoms with Crippen LogP contribution in [-0.4, -0.2) is 42.6 Å². The predicted molar refractivity (Wildman–Crippen MR) is 82.6 cm³/mol. The fourth-order valence-corrected chi connectivity index (χ4v) is 2.90. The van der Waals surface area contributed by atoms with E-state index in [1.54, 1.807) is 13.1 Å². The lowest BCUT2D eigenvalue weighted by Crippen LogP contribution is -2.42. The molecule has 2 heterocycles. The van der Waals surface area contributed by atoms with Gasteiger partial charge in [0.2, 0.25) is 0 Å². The van der Waals surface area contributed by atoms with Crippen LogP contribution in [-0.2, 0) is 0 Å². The second-order valence-corrected chi connectivity index (χ2v) is 5.59. The molecular weight excluding hydrogens is 283 g/mol. The molecule has 1 aromatic rings. The van der Waals surface area contributed by atoms with E-state index in [4.69, 9.17) is 23.2 Å². The lowest BCUT2D eigenvalue weighted by molar-refractivity contribution is 0.226. The van der Waals surface area contributed by atoms with Crippen LogP contribution < -0.4 is 10.6 Å². The molecule has 0 bridgehead atoms. The highest BCUT2D eigenvalue weighted by Gasteiger charge is 2.20. The van der Waals surface area contributed by atoms with Crippen molar-refractivity contribution >= 4 is 34.8 Å². The number of hydrogen-bond acceptors (Lipinski definition) is 4. The average molecular weight is 303 g/mol. The standard InChI is InChI=1S/C13H20Cl2N4/c1-3-19-6-4-5-9(8-19)17-13-11(15)7-10(14)12(16-2)18-13/h7,9H,3-6,8H2,1-2H3,(H2,16,17,18). The minimum Gasteiger partial charge on any atom is -0.372 e. The second kappa shape index (κ2) is 6.64. The van der Waals surface area contributed by atoms with Crippen molar-refractivity contribution in [3.8, 4) is 0 Å². The van der Waals surface area contributed by atoms with Gasteiger partial charge in [0.15, 0.2) is 0 Å². The van der Waals surface area contributed by atoms with E-state index in [-0.39, 0.29) is 0 Å². The predicted octanol–water partition coefficient (Wildman–Crippen LogP) is 3.33. The minimum atomic E-state index is 0.393. The molecule has 2 rings (SSSR count). The SMILES string of the molecule is CCN1CCCC(Nc2nc(NC)c(Cl)cc2Cl)C1. The van der Waals surface area contributed by atoms with Crippen LogP contribution in [0.25, 0.3) is 0 Å². The molecular formula is C13H20Cl2N4. The van der Waals surface area contributed by atoms with Gasteiger partial charge in [0.25, 0.3) is 0 Å². The highest BCUT2D eigenvalue weighted by molar-refractivity contribution is 6.37. The number of aromatic nitrogens is 1. The van der Waals surface area contributed by atoms with Crippen molar-refractivity contribution in [3.63, 3.8) is 0 Å². The molecule has 0 spiro atoms. The number of anilines is 2. The van der Waals surface area contributed by atoms with E-state index in [1.807, 2.05) is 0 Å². The van der Waals surface area contributed by atoms with E-state index < -0.39 is 0 Å². The summed E-state index contributed by atoms with van der Waals surface area (Å²) in [6.45, 7) is 5.49. The summed E-state index contributed by atoms with van der Waals surface area (Å²) in [5.41, 5.74) is 0. The number of likely N-dealkylation sites (tertiary alicyclic amines) is 1. The van der Waals surface area contributed by atoms with Crippen LogP contribution in [0.3, 0.4) is 0 Å². The van der Waals surface area contributed by atoms with E-state index >= 15 is 0 Å². The van der Waals surface area contributed by atoms with Crippen molar-refractivity contribution < 1.29 is 0 Å². The van der Waals surface area contributed by atoms with Gasteiger partial charge in [0.05, 0.1) is 10.0 Å². The van der Waals surface area contributed by atoms with Gasteiger partial charge in [-0.05, 0) is 32.0 Å². The molecule has 1 saturated heterocycles. The van der Waals surface area contributed by atoms with Crippen LogP contribution in [0.5, 0.6) is 0 Å². The van der Waals surface area contributed by atoms with Gasteiger partial charge < -0.3 is 15.5 Å². The first kappa shape index (κ1) is 14.7. The molecule has 106 valence electrons. The molecule has 0 saturated carbocycles. The molecule has 0 amide bonds. The second-order valence-electron chi connectivity index (χ2n) is 4.78. The molecule has 0 radical (unpaired) electrons. The van der Waals surface area contributed by atoms with E-state index in [9.17, 15) is 0 Å². The third-order valence-electron chi connectivity index (χ3n) is 3.46. The van der Waals surface area contributed by atoms with Crippen molar-refractivity contribution in [2.24, 2.45) is 0 Å². The van der Waals surface area contributed by atoms with E-state index in [1.165, 1.54) is 13.0 Å². The summed E-state index contributed by atoms with van der Waals surface area (Å²) in [5, 5.41) is 7.51. The summed E-state index contributed by atoms with van der Waals surface area (Å²) >= 11 is 12.2. The first-order valence-corrected chi connectivity index (χ1v) is 7.42. The summed E-state index contributed by atoms with van der Waals surface area (Å²) in [6.07, 6.45) is 2.35. The molecule has 0 aromatic carbocycles. The zero-order valence-corrected chi connectivity index (χ0v) is 12.9. The van der Waals surface area contributed by atoms with Gasteiger partial charge in [0, 0.05) is 19.6 Å². The quantitative estimate of drug-likeness (QED) is 0.895. The van der Waals surface area contributed by atoms with E-state index in [2.05, 4.69) is 27.4 Å². The normalized spacial score (nSPS) is 20.3. The molecule has 6 heteroatoms. The van der Waals surface area contributed by atoms with Gasteiger partial charge in [-0.15, -0.1) is 0 Å². The first-order valence-electron chi connectivity index (χ1n) is 6.66. The fourth-order valence-electron chi connectivity index (χ4n) is 2.40. The van der Waals surface area contributed by atoms with Crippen molar-refractivity contribution in [2.75, 3.05) is 37.3 Å². The molecule has 1 aliphatic rings. The van der Waals surface area contributed by atoms with Crippen LogP contribution in [0.4, 0.5) is 11.6 Å². The van der Waals surface area contributed by atoms with Crippen LogP contribution in [0.15, 0.2) is 6.07 Å². The van der Waals surface area contributed by atoms with Crippen LogP contribution in [0, 0.1) is 0 Å². The van der Waals surface area contributed by atoms with Gasteiger partial charge in [-0.1, -0.05) is 30.1 Å². The molecule has 19 heavy (non-hydrogen) atoms. The number of piperidine rings is 1. The first-order chi connectivity index (χ1) is 9.13. The van der Waals surface area contributed by atoms with Crippen molar-refractivity contribution in [3.05, 3.63) is 16.1 Å². The summed E-state index contributed by atoms with van der Waals surface area (Å²) < 4.78 is 0. The minimum absolute atomic E-state index is 0.393. The molecule has 1 atom stereocenters. The third-order valence-corrected chi connectivity index (χ3v) is 4.04. The van der Waals surface area contributed by atoms with Gasteiger partial charge in [-0.2, -0.15) is 0 Å². The van der Waals surface area contributed by atoms with E-state index in [0.717, 1.165) is 19.5 Å². The number of rotatable bonds is 4. The monoisotopic (exact) mass is 302 g/mol. The number of hydrogen-bond donors (Lipinski definition) is 2. The van der Waals surface area contributed by atoms with Crippen molar-refractivity contribution in [1.82, 2.24) is 9.88 Å². The Kier molecular flexibility index (Phi) is 5.13.